The summed E-state index contributed by atoms with van der Waals surface area (Å²) in [6, 6.07) is 5.76. The van der Waals surface area contributed by atoms with E-state index in [1.807, 2.05) is 18.2 Å². The average molecular weight is 273 g/mol. The fraction of sp³-hybridized carbons (Fsp3) is 0.286. The van der Waals surface area contributed by atoms with E-state index < -0.39 is 0 Å². The van der Waals surface area contributed by atoms with Crippen LogP contribution in [0.25, 0.3) is 10.8 Å². The van der Waals surface area contributed by atoms with E-state index in [1.54, 1.807) is 13.2 Å². The van der Waals surface area contributed by atoms with Crippen LogP contribution in [0.1, 0.15) is 6.42 Å². The number of benzene rings is 1. The molecule has 0 atom stereocenters. The Hall–Kier alpha value is -2.50. The molecule has 0 spiro atoms. The summed E-state index contributed by atoms with van der Waals surface area (Å²) < 4.78 is 10.7. The predicted octanol–water partition coefficient (Wildman–Crippen LogP) is 1.51. The first-order valence-electron chi connectivity index (χ1n) is 6.41. The molecule has 1 aliphatic heterocycles. The predicted molar refractivity (Wildman–Crippen MR) is 75.0 cm³/mol. The monoisotopic (exact) mass is 273 g/mol. The van der Waals surface area contributed by atoms with Gasteiger partial charge in [-0.1, -0.05) is 0 Å². The van der Waals surface area contributed by atoms with Gasteiger partial charge in [-0.05, 0) is 23.6 Å². The van der Waals surface area contributed by atoms with Crippen molar-refractivity contribution in [2.24, 2.45) is 0 Å². The van der Waals surface area contributed by atoms with E-state index in [2.05, 4.69) is 15.6 Å². The van der Waals surface area contributed by atoms with E-state index in [-0.39, 0.29) is 12.7 Å². The van der Waals surface area contributed by atoms with Crippen LogP contribution in [0, 0.1) is 0 Å². The summed E-state index contributed by atoms with van der Waals surface area (Å²) in [5.41, 5.74) is 0. The van der Waals surface area contributed by atoms with Crippen molar-refractivity contribution < 1.29 is 14.3 Å². The van der Waals surface area contributed by atoms with Crippen LogP contribution in [0.2, 0.25) is 0 Å². The molecule has 104 valence electrons. The van der Waals surface area contributed by atoms with Crippen molar-refractivity contribution in [1.29, 1.82) is 0 Å². The Morgan fingerprint density at radius 3 is 2.95 bits per heavy atom. The van der Waals surface area contributed by atoms with E-state index in [0.29, 0.717) is 13.0 Å². The summed E-state index contributed by atoms with van der Waals surface area (Å²) in [6.07, 6.45) is 2.13. The van der Waals surface area contributed by atoms with Crippen LogP contribution in [0.5, 0.6) is 11.5 Å². The van der Waals surface area contributed by atoms with Gasteiger partial charge in [-0.2, -0.15) is 0 Å². The van der Waals surface area contributed by atoms with Gasteiger partial charge < -0.3 is 20.1 Å². The molecule has 6 nitrogen and oxygen atoms in total. The lowest BCUT2D eigenvalue weighted by Crippen LogP contribution is -2.21. The van der Waals surface area contributed by atoms with Crippen LogP contribution in [0.15, 0.2) is 24.4 Å². The van der Waals surface area contributed by atoms with E-state index in [1.165, 1.54) is 0 Å². The molecule has 2 aromatic rings. The van der Waals surface area contributed by atoms with Crippen LogP contribution < -0.4 is 20.1 Å². The van der Waals surface area contributed by atoms with Gasteiger partial charge in [0.2, 0.25) is 12.7 Å². The molecule has 2 N–H and O–H groups in total. The number of hydrogen-bond acceptors (Lipinski definition) is 5. The minimum Gasteiger partial charge on any atom is -0.454 e. The van der Waals surface area contributed by atoms with E-state index in [0.717, 1.165) is 28.1 Å². The van der Waals surface area contributed by atoms with Crippen molar-refractivity contribution in [2.45, 2.75) is 6.42 Å². The number of hydrogen-bond donors (Lipinski definition) is 2. The van der Waals surface area contributed by atoms with Crippen molar-refractivity contribution in [2.75, 3.05) is 25.7 Å². The zero-order chi connectivity index (χ0) is 13.9. The normalized spacial score (nSPS) is 12.4. The standard InChI is InChI=1S/C14H15N3O3/c1-15-13(18)3-5-17-14-10-7-12-11(19-8-20-12)6-9(10)2-4-16-14/h2,4,6-7H,3,5,8H2,1H3,(H,15,18)(H,16,17). The van der Waals surface area contributed by atoms with Crippen molar-refractivity contribution in [3.63, 3.8) is 0 Å². The first kappa shape index (κ1) is 12.5. The van der Waals surface area contributed by atoms with E-state index >= 15 is 0 Å². The maximum Gasteiger partial charge on any atom is 0.231 e. The number of carbonyl (C=O) groups is 1. The van der Waals surface area contributed by atoms with Gasteiger partial charge in [-0.15, -0.1) is 0 Å². The van der Waals surface area contributed by atoms with Gasteiger partial charge in [-0.25, -0.2) is 4.98 Å². The van der Waals surface area contributed by atoms with Gasteiger partial charge in [0, 0.05) is 31.6 Å². The molecule has 1 aromatic heterocycles. The summed E-state index contributed by atoms with van der Waals surface area (Å²) in [5.74, 6) is 2.21. The SMILES string of the molecule is CNC(=O)CCNc1nccc2cc3c(cc12)OCO3. The number of nitrogens with zero attached hydrogens (tertiary/aromatic N) is 1. The maximum atomic E-state index is 11.2. The number of nitrogens with one attached hydrogen (secondary N) is 2. The molecule has 0 fully saturated rings. The van der Waals surface area contributed by atoms with E-state index in [9.17, 15) is 4.79 Å². The molecule has 0 saturated heterocycles. The fourth-order valence-corrected chi connectivity index (χ4v) is 2.12. The van der Waals surface area contributed by atoms with Crippen LogP contribution in [0.4, 0.5) is 5.82 Å². The van der Waals surface area contributed by atoms with Gasteiger partial charge in [0.25, 0.3) is 0 Å². The molecule has 0 aliphatic carbocycles. The summed E-state index contributed by atoms with van der Waals surface area (Å²) in [5, 5.41) is 7.73. The third-order valence-electron chi connectivity index (χ3n) is 3.18. The molecule has 2 heterocycles. The first-order valence-corrected chi connectivity index (χ1v) is 6.41. The molecular weight excluding hydrogens is 258 g/mol. The van der Waals surface area contributed by atoms with Crippen LogP contribution in [-0.2, 0) is 4.79 Å². The number of pyridine rings is 1. The second-order valence-corrected chi connectivity index (χ2v) is 4.44. The molecule has 0 bridgehead atoms. The number of rotatable bonds is 4. The van der Waals surface area contributed by atoms with Gasteiger partial charge >= 0.3 is 0 Å². The zero-order valence-corrected chi connectivity index (χ0v) is 11.1. The van der Waals surface area contributed by atoms with Crippen molar-refractivity contribution in [3.8, 4) is 11.5 Å². The quantitative estimate of drug-likeness (QED) is 0.883. The number of carbonyl (C=O) groups excluding carboxylic acids is 1. The average Bonchev–Trinajstić information content (AvgIpc) is 2.92. The highest BCUT2D eigenvalue weighted by Gasteiger charge is 2.15. The highest BCUT2D eigenvalue weighted by Crippen LogP contribution is 2.37. The third kappa shape index (κ3) is 2.32. The third-order valence-corrected chi connectivity index (χ3v) is 3.18. The largest absolute Gasteiger partial charge is 0.454 e. The molecule has 0 unspecified atom stereocenters. The number of fused-ring (bicyclic) bond motifs is 2. The lowest BCUT2D eigenvalue weighted by molar-refractivity contribution is -0.120. The Kier molecular flexibility index (Phi) is 3.28. The molecule has 3 rings (SSSR count). The first-order chi connectivity index (χ1) is 9.78. The lowest BCUT2D eigenvalue weighted by atomic mass is 10.1. The number of ether oxygens (including phenoxy) is 2. The van der Waals surface area contributed by atoms with Gasteiger partial charge in [-0.3, -0.25) is 4.79 Å². The van der Waals surface area contributed by atoms with Crippen LogP contribution >= 0.6 is 0 Å². The smallest absolute Gasteiger partial charge is 0.231 e. The number of aromatic nitrogens is 1. The Balaban J connectivity index is 1.85. The molecule has 0 radical (unpaired) electrons. The Labute approximate surface area is 116 Å². The molecule has 20 heavy (non-hydrogen) atoms. The summed E-state index contributed by atoms with van der Waals surface area (Å²) in [6.45, 7) is 0.777. The number of anilines is 1. The van der Waals surface area contributed by atoms with Crippen molar-refractivity contribution in [1.82, 2.24) is 10.3 Å². The Morgan fingerprint density at radius 1 is 1.35 bits per heavy atom. The zero-order valence-electron chi connectivity index (χ0n) is 11.1. The molecular formula is C14H15N3O3. The fourth-order valence-electron chi connectivity index (χ4n) is 2.12. The van der Waals surface area contributed by atoms with Gasteiger partial charge in [0.15, 0.2) is 11.5 Å². The highest BCUT2D eigenvalue weighted by molar-refractivity contribution is 5.94. The lowest BCUT2D eigenvalue weighted by Gasteiger charge is -2.09. The molecule has 1 aliphatic rings. The number of amides is 1. The highest BCUT2D eigenvalue weighted by atomic mass is 16.7. The van der Waals surface area contributed by atoms with Crippen LogP contribution in [0.3, 0.4) is 0 Å². The van der Waals surface area contributed by atoms with Crippen LogP contribution in [-0.4, -0.2) is 31.3 Å². The Morgan fingerprint density at radius 2 is 2.15 bits per heavy atom. The molecule has 0 saturated carbocycles. The molecule has 6 heteroatoms. The molecule has 1 aromatic carbocycles. The summed E-state index contributed by atoms with van der Waals surface area (Å²) >= 11 is 0. The minimum absolute atomic E-state index is 0.00429. The summed E-state index contributed by atoms with van der Waals surface area (Å²) in [4.78, 5) is 15.5. The van der Waals surface area contributed by atoms with Crippen molar-refractivity contribution >= 4 is 22.5 Å². The van der Waals surface area contributed by atoms with Crippen molar-refractivity contribution in [3.05, 3.63) is 24.4 Å². The second-order valence-electron chi connectivity index (χ2n) is 4.44. The maximum absolute atomic E-state index is 11.2. The van der Waals surface area contributed by atoms with Gasteiger partial charge in [0.1, 0.15) is 5.82 Å². The molecule has 1 amide bonds. The Bertz CT molecular complexity index is 657. The van der Waals surface area contributed by atoms with Gasteiger partial charge in [0.05, 0.1) is 0 Å². The second kappa shape index (κ2) is 5.24. The summed E-state index contributed by atoms with van der Waals surface area (Å²) in [7, 11) is 1.62. The van der Waals surface area contributed by atoms with E-state index in [4.69, 9.17) is 9.47 Å². The topological polar surface area (TPSA) is 72.5 Å². The minimum atomic E-state index is -0.00429.